The lowest BCUT2D eigenvalue weighted by atomic mass is 9.78. The number of amides is 3. The molecule has 5 N–H and O–H groups in total. The molecule has 1 aliphatic heterocycles. The first kappa shape index (κ1) is 119. The lowest BCUT2D eigenvalue weighted by Gasteiger charge is -2.32. The number of aromatic nitrogens is 4. The lowest BCUT2D eigenvalue weighted by molar-refractivity contribution is 0.00578. The van der Waals surface area contributed by atoms with Crippen LogP contribution < -0.4 is 44.5 Å². The van der Waals surface area contributed by atoms with Crippen LogP contribution in [0.1, 0.15) is 129 Å². The van der Waals surface area contributed by atoms with E-state index in [2.05, 4.69) is 143 Å². The fourth-order valence-corrected chi connectivity index (χ4v) is 13.7. The van der Waals surface area contributed by atoms with Crippen LogP contribution in [0.15, 0.2) is 191 Å². The van der Waals surface area contributed by atoms with Crippen molar-refractivity contribution in [3.8, 4) is 62.8 Å². The van der Waals surface area contributed by atoms with Gasteiger partial charge in [0.25, 0.3) is 0 Å². The van der Waals surface area contributed by atoms with E-state index in [9.17, 15) is 45.1 Å². The van der Waals surface area contributed by atoms with Crippen molar-refractivity contribution in [2.45, 2.75) is 157 Å². The predicted octanol–water partition coefficient (Wildman–Crippen LogP) is 26.5. The van der Waals surface area contributed by atoms with Crippen LogP contribution in [0.5, 0.6) is 40.2 Å². The summed E-state index contributed by atoms with van der Waals surface area (Å²) < 4.78 is 159. The van der Waals surface area contributed by atoms with E-state index in [1.54, 1.807) is 93.9 Å². The number of hydrogen-bond donors (Lipinski definition) is 5. The second kappa shape index (κ2) is 58.0. The number of aromatic hydroxyl groups is 1. The smallest absolute Gasteiger partial charge is 0.497 e. The number of halogens is 14. The molecule has 9 aromatic carbocycles. The van der Waals surface area contributed by atoms with E-state index in [1.807, 2.05) is 141 Å². The van der Waals surface area contributed by atoms with Crippen LogP contribution in [-0.2, 0) is 23.5 Å². The summed E-state index contributed by atoms with van der Waals surface area (Å²) >= 11 is 22.3. The maximum Gasteiger partial charge on any atom is 0.497 e. The van der Waals surface area contributed by atoms with Crippen molar-refractivity contribution in [2.24, 2.45) is 0 Å². The van der Waals surface area contributed by atoms with Crippen LogP contribution in [0, 0.1) is 40.7 Å². The molecular weight excluding hydrogens is 2270 g/mol. The number of aromatic amines is 2. The van der Waals surface area contributed by atoms with Gasteiger partial charge in [-0.05, 0) is 335 Å². The summed E-state index contributed by atoms with van der Waals surface area (Å²) in [6.45, 7) is 30.2. The molecule has 0 spiro atoms. The standard InChI is InChI=1S/C22H25BrFN3O3.C21H33BFNO5.C17H17BrFN3O.C15H21BrFNO3.C10H13BrFNO.C9H9Br2FO.C6H4BrFO/c1-22(2,3)30-21(28)27(4)10-5-11-29-15-7-9-16(18(24)13-15)20-17-8-6-14(23)12-19(17)25-26-20;1-19(2,3)27-18(25)24(8)12-9-13-26-15-10-11-16(17(23)14-15)22-28-20(4,5)21(6,7)29-22;1-20-7-2-8-23-12-4-6-13(15(19)10-12)17-14-5-3-11(18)9-16(14)21-22-17;1-15(2,3)21-14(19)18(4)8-5-9-20-11-6-7-12(16)13(17)10-11;1-13-5-2-6-14-8-3-4-9(11)10(12)7-8;10-4-1-5-13-7-2-3-8(11)9(12)6-7;7-5-2-1-4(9)3-6(5)8/h6-9,12-13H,5,10-11H2,1-4H3,(H,25,26);10-11,14H,9,12-13H2,1-8H3;3-6,9-10,20H,2,7-8H2,1H3,(H,21,22);6-7,10H,5,8-9H2,1-4H3;3-4,7,13H,2,5-6H2,1H3;2-3,6H,1,4-5H2;1-3,9H. The largest absolute Gasteiger partial charge is 0.508 e. The molecule has 0 bridgehead atoms. The molecule has 758 valence electrons. The summed E-state index contributed by atoms with van der Waals surface area (Å²) in [6, 6.07) is 43.7. The summed E-state index contributed by atoms with van der Waals surface area (Å²) in [5, 5.41) is 31.7. The van der Waals surface area contributed by atoms with Gasteiger partial charge in [0.15, 0.2) is 0 Å². The molecule has 0 atom stereocenters. The number of ether oxygens (including phenoxy) is 9. The maximum absolute atomic E-state index is 14.7. The number of phenolic OH excluding ortho intramolecular Hbond substituents is 1. The van der Waals surface area contributed by atoms with Crippen LogP contribution in [-0.4, -0.2) is 207 Å². The molecule has 39 heteroatoms. The third kappa shape index (κ3) is 42.3. The maximum atomic E-state index is 14.7. The van der Waals surface area contributed by atoms with Crippen molar-refractivity contribution >= 4 is 164 Å². The number of fused-ring (bicyclic) bond motifs is 2. The van der Waals surface area contributed by atoms with Gasteiger partial charge in [0.1, 0.15) is 109 Å². The van der Waals surface area contributed by atoms with Gasteiger partial charge in [0, 0.05) is 125 Å². The average Bonchev–Trinajstić information content (AvgIpc) is 1.61. The monoisotopic (exact) mass is 2390 g/mol. The van der Waals surface area contributed by atoms with Crippen molar-refractivity contribution in [2.75, 3.05) is 113 Å². The minimum absolute atomic E-state index is 0.0595. The van der Waals surface area contributed by atoms with Crippen molar-refractivity contribution in [3.05, 3.63) is 231 Å². The van der Waals surface area contributed by atoms with Gasteiger partial charge in [-0.25, -0.2) is 45.1 Å². The zero-order chi connectivity index (χ0) is 103. The Kier molecular flexibility index (Phi) is 49.6. The molecular formula is C100H122BBr7F7N9O15. The number of rotatable bonds is 32. The summed E-state index contributed by atoms with van der Waals surface area (Å²) in [6.07, 6.45) is 3.40. The SMILES string of the molecule is CN(CCCOc1ccc(-c2n[nH]c3cc(Br)ccc23)c(F)c1)C(=O)OC(C)(C)C.CN(CCCOc1ccc(B2OC(C)(C)C(C)(C)O2)c(F)c1)C(=O)OC(C)(C)C.CN(CCCOc1ccc(Br)c(F)c1)C(=O)OC(C)(C)C.CNCCCOc1ccc(-c2n[nH]c3cc(Br)ccc23)c(F)c1.CNCCCOc1ccc(Br)c(F)c1.Fc1cc(OCCCBr)ccc1Br.Oc1ccc(Br)c(F)c1. The zero-order valence-electron chi connectivity index (χ0n) is 81.1. The number of benzene rings is 9. The number of carbonyl (C=O) groups is 3. The number of nitrogens with zero attached hydrogens (tertiary/aromatic N) is 5. The predicted molar refractivity (Wildman–Crippen MR) is 557 cm³/mol. The molecule has 0 saturated carbocycles. The molecule has 1 fully saturated rings. The van der Waals surface area contributed by atoms with Gasteiger partial charge in [-0.2, -0.15) is 10.2 Å². The minimum atomic E-state index is -0.753. The highest BCUT2D eigenvalue weighted by Gasteiger charge is 2.52. The fourth-order valence-electron chi connectivity index (χ4n) is 11.8. The molecule has 1 saturated heterocycles. The first-order valence-electron chi connectivity index (χ1n) is 44.4. The summed E-state index contributed by atoms with van der Waals surface area (Å²) in [5.41, 5.74) is 1.44. The average molecular weight is 2390 g/mol. The molecule has 12 rings (SSSR count). The molecule has 0 aliphatic carbocycles. The first-order valence-corrected chi connectivity index (χ1v) is 50.2. The Morgan fingerprint density at radius 2 is 0.683 bits per heavy atom. The van der Waals surface area contributed by atoms with Crippen molar-refractivity contribution in [1.29, 1.82) is 0 Å². The molecule has 0 radical (unpaired) electrons. The number of alkyl halides is 1. The second-order valence-corrected chi connectivity index (χ2v) is 41.3. The van der Waals surface area contributed by atoms with Crippen molar-refractivity contribution in [3.63, 3.8) is 0 Å². The van der Waals surface area contributed by atoms with E-state index in [1.165, 1.54) is 63.2 Å². The van der Waals surface area contributed by atoms with Crippen LogP contribution in [0.4, 0.5) is 45.1 Å². The Morgan fingerprint density at radius 1 is 0.396 bits per heavy atom. The van der Waals surface area contributed by atoms with E-state index in [0.717, 1.165) is 74.5 Å². The highest BCUT2D eigenvalue weighted by molar-refractivity contribution is 9.11. The summed E-state index contributed by atoms with van der Waals surface area (Å²) in [4.78, 5) is 40.0. The Labute approximate surface area is 868 Å². The Hall–Kier alpha value is -8.90. The van der Waals surface area contributed by atoms with Crippen LogP contribution in [0.3, 0.4) is 0 Å². The minimum Gasteiger partial charge on any atom is -0.508 e. The fraction of sp³-hybridized carbons (Fsp3) is 0.410. The summed E-state index contributed by atoms with van der Waals surface area (Å²) in [5.74, 6) is 0.344. The van der Waals surface area contributed by atoms with E-state index in [0.29, 0.717) is 159 Å². The number of hydrogen-bond acceptors (Lipinski definition) is 19. The second-order valence-electron chi connectivity index (χ2n) is 35.2. The zero-order valence-corrected chi connectivity index (χ0v) is 92.2. The Balaban J connectivity index is 0.000000256. The number of carbonyl (C=O) groups excluding carboxylic acids is 3. The van der Waals surface area contributed by atoms with Gasteiger partial charge in [-0.15, -0.1) is 0 Å². The quantitative estimate of drug-likeness (QED) is 0.00862. The van der Waals surface area contributed by atoms with Crippen LogP contribution in [0.25, 0.3) is 44.3 Å². The third-order valence-corrected chi connectivity index (χ3v) is 23.7. The first-order chi connectivity index (χ1) is 65.4. The van der Waals surface area contributed by atoms with E-state index in [4.69, 9.17) is 57.0 Å². The van der Waals surface area contributed by atoms with Gasteiger partial charge >= 0.3 is 25.4 Å². The van der Waals surface area contributed by atoms with E-state index in [-0.39, 0.29) is 47.3 Å². The third-order valence-electron chi connectivity index (χ3n) is 19.6. The Morgan fingerprint density at radius 3 is 0.971 bits per heavy atom. The molecule has 1 aliphatic rings. The number of H-pyrrole nitrogens is 2. The van der Waals surface area contributed by atoms with Crippen molar-refractivity contribution in [1.82, 2.24) is 45.7 Å². The number of phenols is 1. The van der Waals surface area contributed by atoms with Gasteiger partial charge in [-0.3, -0.25) is 10.2 Å². The molecule has 0 unspecified atom stereocenters. The van der Waals surface area contributed by atoms with Crippen molar-refractivity contribution < 1.29 is 102 Å². The van der Waals surface area contributed by atoms with E-state index >= 15 is 0 Å². The van der Waals surface area contributed by atoms with Crippen LogP contribution in [0.2, 0.25) is 0 Å². The highest BCUT2D eigenvalue weighted by Crippen LogP contribution is 2.39. The Bertz CT molecular complexity index is 5710. The molecule has 24 nitrogen and oxygen atoms in total. The normalized spacial score (nSPS) is 12.3. The van der Waals surface area contributed by atoms with Gasteiger partial charge < -0.3 is 82.4 Å². The number of nitrogens with one attached hydrogen (secondary N) is 4. The van der Waals surface area contributed by atoms with Gasteiger partial charge in [0.05, 0.1) is 79.8 Å². The molecule has 11 aromatic rings. The molecule has 3 heterocycles. The van der Waals surface area contributed by atoms with E-state index < -0.39 is 52.6 Å². The molecule has 139 heavy (non-hydrogen) atoms. The molecule has 3 amide bonds. The van der Waals surface area contributed by atoms with Crippen LogP contribution >= 0.6 is 112 Å². The summed E-state index contributed by atoms with van der Waals surface area (Å²) in [7, 11) is 8.05. The highest BCUT2D eigenvalue weighted by atomic mass is 79.9. The van der Waals surface area contributed by atoms with Gasteiger partial charge in [0.2, 0.25) is 0 Å². The van der Waals surface area contributed by atoms with Gasteiger partial charge in [-0.1, -0.05) is 53.9 Å². The topological polar surface area (TPSA) is 264 Å². The lowest BCUT2D eigenvalue weighted by Crippen LogP contribution is -2.41. The molecule has 2 aromatic heterocycles.